The first-order valence-electron chi connectivity index (χ1n) is 10.7. The maximum Gasteiger partial charge on any atom is 0.379 e. The molecule has 0 unspecified atom stereocenters. The molecule has 10 nitrogen and oxygen atoms in total. The van der Waals surface area contributed by atoms with E-state index in [2.05, 4.69) is 15.0 Å². The summed E-state index contributed by atoms with van der Waals surface area (Å²) in [4.78, 5) is 31.2. The van der Waals surface area contributed by atoms with Crippen molar-refractivity contribution in [2.24, 2.45) is 10.1 Å². The van der Waals surface area contributed by atoms with Gasteiger partial charge in [0, 0.05) is 13.1 Å². The number of methoxy groups -OCH3 is 1. The molecule has 5 rings (SSSR count). The lowest BCUT2D eigenvalue weighted by atomic mass is 10.1. The van der Waals surface area contributed by atoms with Gasteiger partial charge in [-0.3, -0.25) is 10.2 Å². The molecular weight excluding hydrogens is 458 g/mol. The molecule has 34 heavy (non-hydrogen) atoms. The van der Waals surface area contributed by atoms with Crippen LogP contribution in [-0.2, 0) is 4.79 Å². The Kier molecular flexibility index (Phi) is 5.93. The van der Waals surface area contributed by atoms with E-state index < -0.39 is 11.9 Å². The molecule has 3 aliphatic rings. The molecule has 0 spiro atoms. The summed E-state index contributed by atoms with van der Waals surface area (Å²) in [6.45, 7) is 1.82. The quantitative estimate of drug-likeness (QED) is 0.401. The predicted molar refractivity (Wildman–Crippen MR) is 127 cm³/mol. The van der Waals surface area contributed by atoms with Crippen molar-refractivity contribution >= 4 is 45.9 Å². The van der Waals surface area contributed by atoms with Crippen molar-refractivity contribution in [2.75, 3.05) is 20.2 Å². The fourth-order valence-corrected chi connectivity index (χ4v) is 4.71. The minimum absolute atomic E-state index is 0.0400. The number of carbonyl (C=O) groups excluding carboxylic acids is 2. The van der Waals surface area contributed by atoms with Crippen LogP contribution in [0.4, 0.5) is 0 Å². The first-order chi connectivity index (χ1) is 16.5. The third-order valence-electron chi connectivity index (χ3n) is 5.49. The largest absolute Gasteiger partial charge is 0.493 e. The SMILES string of the molecule is COc1cc(/C=C2/C(=N)N3N=C(N4CCCCC4)SC3=NC2=O)ccc1OC(=O)c1ccco1. The van der Waals surface area contributed by atoms with Gasteiger partial charge in [-0.2, -0.15) is 10.0 Å². The monoisotopic (exact) mass is 479 g/mol. The number of esters is 1. The van der Waals surface area contributed by atoms with Crippen LogP contribution in [0.5, 0.6) is 11.5 Å². The van der Waals surface area contributed by atoms with Gasteiger partial charge in [0.1, 0.15) is 0 Å². The normalized spacial score (nSPS) is 19.1. The minimum atomic E-state index is -0.658. The van der Waals surface area contributed by atoms with Crippen molar-refractivity contribution in [3.63, 3.8) is 0 Å². The van der Waals surface area contributed by atoms with Crippen LogP contribution in [0.3, 0.4) is 0 Å². The highest BCUT2D eigenvalue weighted by Crippen LogP contribution is 2.33. The van der Waals surface area contributed by atoms with Crippen LogP contribution in [-0.4, -0.2) is 58.2 Å². The lowest BCUT2D eigenvalue weighted by Crippen LogP contribution is -2.35. The fourth-order valence-electron chi connectivity index (χ4n) is 3.76. The molecule has 0 atom stereocenters. The van der Waals surface area contributed by atoms with E-state index in [1.54, 1.807) is 30.3 Å². The minimum Gasteiger partial charge on any atom is -0.493 e. The number of thioether (sulfide) groups is 1. The number of nitrogens with zero attached hydrogens (tertiary/aromatic N) is 4. The molecular formula is C23H21N5O5S. The fraction of sp³-hybridized carbons (Fsp3) is 0.261. The molecule has 1 saturated heterocycles. The van der Waals surface area contributed by atoms with Crippen molar-refractivity contribution in [3.8, 4) is 11.5 Å². The van der Waals surface area contributed by atoms with Crippen LogP contribution in [0.15, 0.2) is 56.7 Å². The second-order valence-corrected chi connectivity index (χ2v) is 8.66. The molecule has 0 saturated carbocycles. The number of carbonyl (C=O) groups is 2. The Hall–Kier alpha value is -3.86. The Morgan fingerprint density at radius 2 is 2.00 bits per heavy atom. The van der Waals surface area contributed by atoms with Gasteiger partial charge in [0.05, 0.1) is 18.9 Å². The number of nitrogens with one attached hydrogen (secondary N) is 1. The summed E-state index contributed by atoms with van der Waals surface area (Å²) in [6.07, 6.45) is 6.32. The van der Waals surface area contributed by atoms with Gasteiger partial charge >= 0.3 is 5.97 Å². The molecule has 3 aliphatic heterocycles. The molecule has 1 N–H and O–H groups in total. The van der Waals surface area contributed by atoms with Gasteiger partial charge in [0.25, 0.3) is 5.91 Å². The second-order valence-electron chi connectivity index (χ2n) is 7.73. The van der Waals surface area contributed by atoms with E-state index in [1.807, 2.05) is 0 Å². The van der Waals surface area contributed by atoms with Gasteiger partial charge in [-0.15, -0.1) is 5.10 Å². The number of likely N-dealkylation sites (tertiary alicyclic amines) is 1. The van der Waals surface area contributed by atoms with E-state index in [4.69, 9.17) is 19.3 Å². The number of hydrazone groups is 1. The van der Waals surface area contributed by atoms with Gasteiger partial charge in [-0.1, -0.05) is 6.07 Å². The van der Waals surface area contributed by atoms with Gasteiger partial charge < -0.3 is 18.8 Å². The number of aliphatic imine (C=N–C) groups is 1. The maximum atomic E-state index is 12.7. The number of furan rings is 1. The van der Waals surface area contributed by atoms with E-state index >= 15 is 0 Å². The van der Waals surface area contributed by atoms with Crippen molar-refractivity contribution in [3.05, 3.63) is 53.5 Å². The van der Waals surface area contributed by atoms with Crippen LogP contribution in [0, 0.1) is 5.41 Å². The summed E-state index contributed by atoms with van der Waals surface area (Å²) in [5.74, 6) is -0.656. The number of hydrogen-bond donors (Lipinski definition) is 1. The summed E-state index contributed by atoms with van der Waals surface area (Å²) in [6, 6.07) is 7.90. The standard InChI is InChI=1S/C23H21N5O5S/c1-31-18-13-14(7-8-16(18)33-21(30)17-6-5-11-32-17)12-15-19(24)28-22(25-20(15)29)34-23(26-28)27-9-3-2-4-10-27/h5-8,11-13,24H,2-4,9-10H2,1H3/b15-12-,24-19?. The first-order valence-corrected chi connectivity index (χ1v) is 11.5. The van der Waals surface area contributed by atoms with Crippen LogP contribution in [0.1, 0.15) is 35.4 Å². The molecule has 0 bridgehead atoms. The van der Waals surface area contributed by atoms with E-state index in [-0.39, 0.29) is 28.7 Å². The molecule has 4 heterocycles. The van der Waals surface area contributed by atoms with Gasteiger partial charge in [-0.25, -0.2) is 4.79 Å². The third kappa shape index (κ3) is 4.21. The van der Waals surface area contributed by atoms with Crippen LogP contribution < -0.4 is 9.47 Å². The number of piperidine rings is 1. The lowest BCUT2D eigenvalue weighted by molar-refractivity contribution is -0.114. The van der Waals surface area contributed by atoms with Gasteiger partial charge in [-0.05, 0) is 66.9 Å². The Balaban J connectivity index is 1.38. The number of fused-ring (bicyclic) bond motifs is 1. The summed E-state index contributed by atoms with van der Waals surface area (Å²) in [5, 5.41) is 15.7. The zero-order valence-corrected chi connectivity index (χ0v) is 19.1. The Morgan fingerprint density at radius 1 is 1.18 bits per heavy atom. The van der Waals surface area contributed by atoms with Crippen molar-refractivity contribution < 1.29 is 23.5 Å². The van der Waals surface area contributed by atoms with Gasteiger partial charge in [0.2, 0.25) is 10.9 Å². The van der Waals surface area contributed by atoms with Crippen molar-refractivity contribution in [1.82, 2.24) is 9.91 Å². The van der Waals surface area contributed by atoms with Crippen LogP contribution in [0.25, 0.3) is 6.08 Å². The highest BCUT2D eigenvalue weighted by Gasteiger charge is 2.37. The van der Waals surface area contributed by atoms with Crippen molar-refractivity contribution in [1.29, 1.82) is 5.41 Å². The number of ether oxygens (including phenoxy) is 2. The lowest BCUT2D eigenvalue weighted by Gasteiger charge is -2.26. The molecule has 0 radical (unpaired) electrons. The molecule has 174 valence electrons. The summed E-state index contributed by atoms with van der Waals surface area (Å²) < 4.78 is 15.8. The molecule has 11 heteroatoms. The second kappa shape index (κ2) is 9.18. The predicted octanol–water partition coefficient (Wildman–Crippen LogP) is 3.57. The van der Waals surface area contributed by atoms with E-state index in [9.17, 15) is 9.59 Å². The smallest absolute Gasteiger partial charge is 0.379 e. The number of amides is 1. The number of rotatable bonds is 4. The average Bonchev–Trinajstić information content (AvgIpc) is 3.54. The Morgan fingerprint density at radius 3 is 2.74 bits per heavy atom. The molecule has 1 fully saturated rings. The topological polar surface area (TPSA) is 121 Å². The molecule has 0 aliphatic carbocycles. The first kappa shape index (κ1) is 22.0. The highest BCUT2D eigenvalue weighted by molar-refractivity contribution is 8.26. The van der Waals surface area contributed by atoms with E-state index in [0.29, 0.717) is 10.7 Å². The Bertz CT molecular complexity index is 1240. The molecule has 2 aromatic rings. The molecule has 1 aromatic heterocycles. The third-order valence-corrected chi connectivity index (χ3v) is 6.46. The van der Waals surface area contributed by atoms with Crippen LogP contribution in [0.2, 0.25) is 0 Å². The average molecular weight is 480 g/mol. The number of hydrogen-bond acceptors (Lipinski definition) is 9. The van der Waals surface area contributed by atoms with E-state index in [0.717, 1.165) is 31.1 Å². The zero-order valence-electron chi connectivity index (χ0n) is 18.3. The van der Waals surface area contributed by atoms with Crippen LogP contribution >= 0.6 is 11.8 Å². The summed E-state index contributed by atoms with van der Waals surface area (Å²) >= 11 is 1.32. The molecule has 1 aromatic carbocycles. The maximum absolute atomic E-state index is 12.7. The highest BCUT2D eigenvalue weighted by atomic mass is 32.2. The number of benzene rings is 1. The van der Waals surface area contributed by atoms with Crippen molar-refractivity contribution in [2.45, 2.75) is 19.3 Å². The zero-order chi connectivity index (χ0) is 23.7. The number of amidine groups is 3. The van der Waals surface area contributed by atoms with Gasteiger partial charge in [0.15, 0.2) is 22.5 Å². The van der Waals surface area contributed by atoms with E-state index in [1.165, 1.54) is 42.6 Å². The molecule has 1 amide bonds. The Labute approximate surface area is 199 Å². The summed E-state index contributed by atoms with van der Waals surface area (Å²) in [5.41, 5.74) is 0.684. The summed E-state index contributed by atoms with van der Waals surface area (Å²) in [7, 11) is 1.44.